The van der Waals surface area contributed by atoms with Gasteiger partial charge in [0.2, 0.25) is 11.8 Å². The predicted octanol–water partition coefficient (Wildman–Crippen LogP) is 2.25. The van der Waals surface area contributed by atoms with Crippen molar-refractivity contribution in [2.45, 2.75) is 26.1 Å². The van der Waals surface area contributed by atoms with E-state index in [1.807, 2.05) is 30.3 Å². The maximum Gasteiger partial charge on any atom is 0.249 e. The van der Waals surface area contributed by atoms with Gasteiger partial charge in [-0.05, 0) is 25.0 Å². The van der Waals surface area contributed by atoms with Gasteiger partial charge in [-0.25, -0.2) is 4.98 Å². The van der Waals surface area contributed by atoms with Crippen LogP contribution >= 0.6 is 0 Å². The van der Waals surface area contributed by atoms with Crippen molar-refractivity contribution in [2.75, 3.05) is 12.4 Å². The molecule has 0 aliphatic heterocycles. The largest absolute Gasteiger partial charge is 0.479 e. The Balaban J connectivity index is 1.94. The van der Waals surface area contributed by atoms with E-state index in [4.69, 9.17) is 4.74 Å². The van der Waals surface area contributed by atoms with Gasteiger partial charge < -0.3 is 20.3 Å². The Morgan fingerprint density at radius 1 is 1.32 bits per heavy atom. The molecule has 28 heavy (non-hydrogen) atoms. The quantitative estimate of drug-likeness (QED) is 0.485. The number of amides is 1. The highest BCUT2D eigenvalue weighted by Crippen LogP contribution is 2.29. The van der Waals surface area contributed by atoms with Crippen molar-refractivity contribution in [2.24, 2.45) is 0 Å². The second kappa shape index (κ2) is 7.79. The van der Waals surface area contributed by atoms with E-state index >= 15 is 0 Å². The molecular weight excluding hydrogens is 360 g/mol. The lowest BCUT2D eigenvalue weighted by Gasteiger charge is -2.22. The van der Waals surface area contributed by atoms with Gasteiger partial charge in [-0.15, -0.1) is 5.10 Å². The highest BCUT2D eigenvalue weighted by molar-refractivity contribution is 6.05. The molecule has 2 aromatic heterocycles. The van der Waals surface area contributed by atoms with Crippen molar-refractivity contribution < 1.29 is 19.7 Å². The summed E-state index contributed by atoms with van der Waals surface area (Å²) in [5, 5.41) is 30.1. The van der Waals surface area contributed by atoms with Gasteiger partial charge in [0.15, 0.2) is 0 Å². The number of nitrogens with zero attached hydrogens (tertiary/aromatic N) is 2. The molecule has 0 saturated carbocycles. The maximum absolute atomic E-state index is 12.6. The van der Waals surface area contributed by atoms with E-state index in [0.717, 1.165) is 5.56 Å². The monoisotopic (exact) mass is 382 g/mol. The fourth-order valence-corrected chi connectivity index (χ4v) is 2.94. The number of H-pyrrole nitrogens is 1. The van der Waals surface area contributed by atoms with Crippen LogP contribution in [0.15, 0.2) is 42.5 Å². The van der Waals surface area contributed by atoms with Crippen LogP contribution in [-0.2, 0) is 11.4 Å². The molecule has 0 atom stereocenters. The Bertz CT molecular complexity index is 1020. The number of rotatable bonds is 6. The van der Waals surface area contributed by atoms with Gasteiger partial charge in [0.05, 0.1) is 35.9 Å². The third kappa shape index (κ3) is 4.03. The van der Waals surface area contributed by atoms with E-state index in [2.05, 4.69) is 20.5 Å². The van der Waals surface area contributed by atoms with E-state index in [-0.39, 0.29) is 12.4 Å². The molecule has 0 unspecified atom stereocenters. The molecule has 8 heteroatoms. The van der Waals surface area contributed by atoms with Crippen LogP contribution in [-0.4, -0.2) is 44.0 Å². The summed E-state index contributed by atoms with van der Waals surface area (Å²) in [6.07, 6.45) is 1.34. The molecule has 3 rings (SSSR count). The van der Waals surface area contributed by atoms with Gasteiger partial charge >= 0.3 is 0 Å². The number of carbonyl (C=O) groups excluding carboxylic acids is 1. The molecule has 8 nitrogen and oxygen atoms in total. The van der Waals surface area contributed by atoms with E-state index in [1.165, 1.54) is 13.2 Å². The van der Waals surface area contributed by atoms with Crippen LogP contribution in [0.4, 0.5) is 5.82 Å². The fraction of sp³-hybridized carbons (Fsp3) is 0.250. The minimum atomic E-state index is -1.22. The van der Waals surface area contributed by atoms with E-state index in [0.29, 0.717) is 28.0 Å². The Kier molecular flexibility index (Phi) is 5.43. The topological polar surface area (TPSA) is 120 Å². The average molecular weight is 382 g/mol. The summed E-state index contributed by atoms with van der Waals surface area (Å²) in [7, 11) is 1.47. The number of fused-ring (bicyclic) bond motifs is 1. The molecule has 0 radical (unpaired) electrons. The number of ether oxygens (including phenoxy) is 1. The summed E-state index contributed by atoms with van der Waals surface area (Å²) in [6.45, 7) is 2.89. The van der Waals surface area contributed by atoms with Gasteiger partial charge in [-0.2, -0.15) is 0 Å². The van der Waals surface area contributed by atoms with E-state index in [9.17, 15) is 15.0 Å². The van der Waals surface area contributed by atoms with Crippen LogP contribution in [0.25, 0.3) is 16.5 Å². The van der Waals surface area contributed by atoms with Crippen LogP contribution in [0.2, 0.25) is 0 Å². The molecule has 3 aromatic rings. The number of hydrogen-bond donors (Lipinski definition) is 4. The average Bonchev–Trinajstić information content (AvgIpc) is 3.08. The number of benzene rings is 1. The molecule has 0 saturated heterocycles. The van der Waals surface area contributed by atoms with Crippen molar-refractivity contribution in [1.29, 1.82) is 0 Å². The van der Waals surface area contributed by atoms with E-state index in [1.54, 1.807) is 19.9 Å². The zero-order valence-corrected chi connectivity index (χ0v) is 15.9. The Hall–Kier alpha value is -3.23. The SMILES string of the molecule is COc1n[nH]c2cc(NC(=O)/C=C(\c3ccccc3)C(C)(C)O)nc(CO)c12. The first-order valence-corrected chi connectivity index (χ1v) is 8.67. The summed E-state index contributed by atoms with van der Waals surface area (Å²) in [5.74, 6) is 0.105. The lowest BCUT2D eigenvalue weighted by atomic mass is 9.91. The van der Waals surface area contributed by atoms with Crippen LogP contribution in [0.1, 0.15) is 25.1 Å². The third-order valence-corrected chi connectivity index (χ3v) is 4.20. The lowest BCUT2D eigenvalue weighted by Crippen LogP contribution is -2.23. The summed E-state index contributed by atoms with van der Waals surface area (Å²) < 4.78 is 5.15. The zero-order chi connectivity index (χ0) is 20.3. The predicted molar refractivity (Wildman–Crippen MR) is 106 cm³/mol. The number of aliphatic hydroxyl groups excluding tert-OH is 1. The van der Waals surface area contributed by atoms with E-state index < -0.39 is 11.5 Å². The fourth-order valence-electron chi connectivity index (χ4n) is 2.94. The molecule has 0 aliphatic rings. The normalized spacial score (nSPS) is 12.2. The van der Waals surface area contributed by atoms with Crippen molar-refractivity contribution >= 4 is 28.2 Å². The van der Waals surface area contributed by atoms with Crippen molar-refractivity contribution in [3.8, 4) is 5.88 Å². The first-order valence-electron chi connectivity index (χ1n) is 8.67. The molecule has 1 aromatic carbocycles. The second-order valence-electron chi connectivity index (χ2n) is 6.74. The van der Waals surface area contributed by atoms with Gasteiger partial charge in [0, 0.05) is 12.1 Å². The minimum absolute atomic E-state index is 0.243. The maximum atomic E-state index is 12.6. The van der Waals surface area contributed by atoms with Gasteiger partial charge in [0.1, 0.15) is 5.82 Å². The lowest BCUT2D eigenvalue weighted by molar-refractivity contribution is -0.112. The highest BCUT2D eigenvalue weighted by Gasteiger charge is 2.22. The van der Waals surface area contributed by atoms with Gasteiger partial charge in [-0.3, -0.25) is 9.89 Å². The standard InChI is InChI=1S/C20H22N4O4/c1-20(2,27)13(12-7-5-4-6-8-12)9-17(26)22-16-10-14-18(15(11-25)21-16)19(28-3)24-23-14/h4-10,25,27H,11H2,1-3H3,(H,23,24)(H,21,22,26)/b13-9+. The van der Waals surface area contributed by atoms with Crippen LogP contribution < -0.4 is 10.1 Å². The minimum Gasteiger partial charge on any atom is -0.479 e. The number of aliphatic hydroxyl groups is 2. The van der Waals surface area contributed by atoms with Crippen molar-refractivity contribution in [3.63, 3.8) is 0 Å². The summed E-state index contributed by atoms with van der Waals surface area (Å²) >= 11 is 0. The zero-order valence-electron chi connectivity index (χ0n) is 15.9. The number of methoxy groups -OCH3 is 1. The molecule has 0 fully saturated rings. The molecule has 0 aliphatic carbocycles. The summed E-state index contributed by atoms with van der Waals surface area (Å²) in [5.41, 5.74) is 0.887. The third-order valence-electron chi connectivity index (χ3n) is 4.20. The first-order chi connectivity index (χ1) is 13.3. The van der Waals surface area contributed by atoms with Crippen molar-refractivity contribution in [1.82, 2.24) is 15.2 Å². The number of aromatic nitrogens is 3. The highest BCUT2D eigenvalue weighted by atomic mass is 16.5. The van der Waals surface area contributed by atoms with Crippen LogP contribution in [0, 0.1) is 0 Å². The molecule has 0 bridgehead atoms. The molecule has 2 heterocycles. The number of carbonyl (C=O) groups is 1. The molecular formula is C20H22N4O4. The molecule has 146 valence electrons. The van der Waals surface area contributed by atoms with Gasteiger partial charge in [0.25, 0.3) is 0 Å². The van der Waals surface area contributed by atoms with Crippen molar-refractivity contribution in [3.05, 3.63) is 53.7 Å². The Labute approximate surface area is 161 Å². The number of pyridine rings is 1. The summed E-state index contributed by atoms with van der Waals surface area (Å²) in [6, 6.07) is 10.8. The first kappa shape index (κ1) is 19.5. The Morgan fingerprint density at radius 2 is 2.04 bits per heavy atom. The summed E-state index contributed by atoms with van der Waals surface area (Å²) in [4.78, 5) is 16.9. The molecule has 1 amide bonds. The van der Waals surface area contributed by atoms with Crippen LogP contribution in [0.5, 0.6) is 5.88 Å². The number of hydrogen-bond acceptors (Lipinski definition) is 6. The molecule has 4 N–H and O–H groups in total. The number of aromatic amines is 1. The Morgan fingerprint density at radius 3 is 2.64 bits per heavy atom. The number of nitrogens with one attached hydrogen (secondary N) is 2. The van der Waals surface area contributed by atoms with Crippen LogP contribution in [0.3, 0.4) is 0 Å². The van der Waals surface area contributed by atoms with Gasteiger partial charge in [-0.1, -0.05) is 30.3 Å². The number of anilines is 1. The second-order valence-corrected chi connectivity index (χ2v) is 6.74. The molecule has 0 spiro atoms. The smallest absolute Gasteiger partial charge is 0.249 e.